The van der Waals surface area contributed by atoms with E-state index in [2.05, 4.69) is 15.9 Å². The Labute approximate surface area is 210 Å². The van der Waals surface area contributed by atoms with Crippen LogP contribution in [0.25, 0.3) is 0 Å². The molecule has 7 heteroatoms. The molecule has 1 heterocycles. The van der Waals surface area contributed by atoms with Crippen LogP contribution >= 0.6 is 15.9 Å². The van der Waals surface area contributed by atoms with E-state index in [1.54, 1.807) is 17.0 Å². The minimum absolute atomic E-state index is 0.0122. The van der Waals surface area contributed by atoms with Gasteiger partial charge in [-0.1, -0.05) is 46.3 Å². The summed E-state index contributed by atoms with van der Waals surface area (Å²) in [5, 5.41) is 0. The maximum Gasteiger partial charge on any atom is 0.254 e. The average molecular weight is 526 g/mol. The van der Waals surface area contributed by atoms with E-state index < -0.39 is 0 Å². The summed E-state index contributed by atoms with van der Waals surface area (Å²) < 4.78 is 8.37. The lowest BCUT2D eigenvalue weighted by atomic mass is 10.2. The first kappa shape index (κ1) is 25.7. The van der Waals surface area contributed by atoms with Crippen LogP contribution < -0.4 is 0 Å². The number of halogens is 1. The number of carbonyl (C=O) groups is 2. The van der Waals surface area contributed by atoms with Crippen LogP contribution in [0.4, 0.5) is 0 Å². The van der Waals surface area contributed by atoms with Crippen molar-refractivity contribution in [3.05, 3.63) is 94.2 Å². The second kappa shape index (κ2) is 13.1. The fourth-order valence-electron chi connectivity index (χ4n) is 3.68. The summed E-state index contributed by atoms with van der Waals surface area (Å²) in [4.78, 5) is 30.3. The number of ether oxygens (including phenoxy) is 1. The number of benzene rings is 2. The molecule has 0 spiro atoms. The summed E-state index contributed by atoms with van der Waals surface area (Å²) in [6.45, 7) is 4.52. The third-order valence-electron chi connectivity index (χ3n) is 5.60. The van der Waals surface area contributed by atoms with Gasteiger partial charge in [0.05, 0.1) is 6.54 Å². The van der Waals surface area contributed by atoms with Crippen LogP contribution in [-0.4, -0.2) is 52.5 Å². The van der Waals surface area contributed by atoms with Gasteiger partial charge in [-0.2, -0.15) is 0 Å². The van der Waals surface area contributed by atoms with Gasteiger partial charge in [0, 0.05) is 55.3 Å². The van der Waals surface area contributed by atoms with Gasteiger partial charge in [0.1, 0.15) is 6.54 Å². The van der Waals surface area contributed by atoms with Gasteiger partial charge in [0.2, 0.25) is 5.91 Å². The van der Waals surface area contributed by atoms with E-state index >= 15 is 0 Å². The Hall–Kier alpha value is -2.90. The van der Waals surface area contributed by atoms with E-state index in [1.807, 2.05) is 84.2 Å². The van der Waals surface area contributed by atoms with Crippen molar-refractivity contribution in [2.45, 2.75) is 26.4 Å². The van der Waals surface area contributed by atoms with Crippen molar-refractivity contribution in [3.63, 3.8) is 0 Å². The quantitative estimate of drug-likeness (QED) is 0.316. The molecule has 1 aromatic heterocycles. The van der Waals surface area contributed by atoms with Gasteiger partial charge in [-0.05, 0) is 55.3 Å². The molecular weight excluding hydrogens is 494 g/mol. The molecule has 0 saturated carbocycles. The predicted molar refractivity (Wildman–Crippen MR) is 137 cm³/mol. The summed E-state index contributed by atoms with van der Waals surface area (Å²) in [6.07, 6.45) is 2.64. The van der Waals surface area contributed by atoms with E-state index in [9.17, 15) is 9.59 Å². The zero-order chi connectivity index (χ0) is 24.3. The SMILES string of the molecule is CCOCCCN(CC(=O)N(Cc1ccccc1)Cc1cccn1C)C(=O)c1ccc(Br)cc1. The van der Waals surface area contributed by atoms with Crippen LogP contribution in [0.15, 0.2) is 77.4 Å². The Morgan fingerprint density at radius 3 is 2.32 bits per heavy atom. The molecule has 6 nitrogen and oxygen atoms in total. The maximum absolute atomic E-state index is 13.6. The van der Waals surface area contributed by atoms with E-state index in [0.717, 1.165) is 15.7 Å². The highest BCUT2D eigenvalue weighted by Gasteiger charge is 2.23. The standard InChI is InChI=1S/C27H32BrN3O3/c1-3-34-18-8-17-30(27(33)23-12-14-24(28)15-13-23)21-26(32)31(19-22-9-5-4-6-10-22)20-25-11-7-16-29(25)2/h4-7,9-16H,3,8,17-21H2,1-2H3. The smallest absolute Gasteiger partial charge is 0.254 e. The number of hydrogen-bond acceptors (Lipinski definition) is 3. The third-order valence-corrected chi connectivity index (χ3v) is 6.13. The molecule has 2 amide bonds. The first-order valence-electron chi connectivity index (χ1n) is 11.5. The second-order valence-electron chi connectivity index (χ2n) is 8.13. The lowest BCUT2D eigenvalue weighted by Gasteiger charge is -2.28. The Morgan fingerprint density at radius 2 is 1.68 bits per heavy atom. The van der Waals surface area contributed by atoms with Crippen LogP contribution in [0, 0.1) is 0 Å². The van der Waals surface area contributed by atoms with E-state index in [1.165, 1.54) is 0 Å². The first-order chi connectivity index (χ1) is 16.5. The first-order valence-corrected chi connectivity index (χ1v) is 12.3. The summed E-state index contributed by atoms with van der Waals surface area (Å²) in [5.74, 6) is -0.247. The Morgan fingerprint density at radius 1 is 0.941 bits per heavy atom. The Kier molecular flexibility index (Phi) is 9.91. The van der Waals surface area contributed by atoms with Crippen LogP contribution in [0.3, 0.4) is 0 Å². The molecular formula is C27H32BrN3O3. The van der Waals surface area contributed by atoms with Crippen molar-refractivity contribution in [1.82, 2.24) is 14.4 Å². The van der Waals surface area contributed by atoms with Crippen molar-refractivity contribution in [2.24, 2.45) is 7.05 Å². The largest absolute Gasteiger partial charge is 0.382 e. The number of hydrogen-bond donors (Lipinski definition) is 0. The van der Waals surface area contributed by atoms with Crippen molar-refractivity contribution >= 4 is 27.7 Å². The third kappa shape index (κ3) is 7.57. The van der Waals surface area contributed by atoms with Crippen LogP contribution in [0.2, 0.25) is 0 Å². The minimum Gasteiger partial charge on any atom is -0.382 e. The number of nitrogens with zero attached hydrogens (tertiary/aromatic N) is 3. The van der Waals surface area contributed by atoms with E-state index in [-0.39, 0.29) is 18.4 Å². The monoisotopic (exact) mass is 525 g/mol. The molecule has 0 aliphatic heterocycles. The zero-order valence-corrected chi connectivity index (χ0v) is 21.4. The fourth-order valence-corrected chi connectivity index (χ4v) is 3.95. The zero-order valence-electron chi connectivity index (χ0n) is 19.8. The van der Waals surface area contributed by atoms with Crippen LogP contribution in [0.1, 0.15) is 35.0 Å². The average Bonchev–Trinajstić information content (AvgIpc) is 3.25. The lowest BCUT2D eigenvalue weighted by molar-refractivity contribution is -0.133. The van der Waals surface area contributed by atoms with Crippen LogP contribution in [0.5, 0.6) is 0 Å². The highest BCUT2D eigenvalue weighted by atomic mass is 79.9. The molecule has 0 N–H and O–H groups in total. The number of carbonyl (C=O) groups excluding carboxylic acids is 2. The Balaban J connectivity index is 1.79. The topological polar surface area (TPSA) is 54.8 Å². The predicted octanol–water partition coefficient (Wildman–Crippen LogP) is 4.89. The molecule has 2 aromatic carbocycles. The van der Waals surface area contributed by atoms with Crippen molar-refractivity contribution in [1.29, 1.82) is 0 Å². The van der Waals surface area contributed by atoms with Gasteiger partial charge >= 0.3 is 0 Å². The fraction of sp³-hybridized carbons (Fsp3) is 0.333. The molecule has 0 saturated heterocycles. The molecule has 0 fully saturated rings. The molecule has 0 aliphatic rings. The highest BCUT2D eigenvalue weighted by Crippen LogP contribution is 2.15. The molecule has 0 atom stereocenters. The summed E-state index contributed by atoms with van der Waals surface area (Å²) in [5.41, 5.74) is 2.64. The number of rotatable bonds is 12. The highest BCUT2D eigenvalue weighted by molar-refractivity contribution is 9.10. The second-order valence-corrected chi connectivity index (χ2v) is 9.05. The molecule has 0 bridgehead atoms. The van der Waals surface area contributed by atoms with E-state index in [4.69, 9.17) is 4.74 Å². The number of amides is 2. The Bertz CT molecular complexity index is 1050. The van der Waals surface area contributed by atoms with Gasteiger partial charge in [-0.3, -0.25) is 9.59 Å². The van der Waals surface area contributed by atoms with Gasteiger partial charge in [-0.15, -0.1) is 0 Å². The summed E-state index contributed by atoms with van der Waals surface area (Å²) >= 11 is 3.41. The van der Waals surface area contributed by atoms with Gasteiger partial charge in [-0.25, -0.2) is 0 Å². The summed E-state index contributed by atoms with van der Waals surface area (Å²) in [6, 6.07) is 21.1. The minimum atomic E-state index is -0.157. The molecule has 0 aliphatic carbocycles. The summed E-state index contributed by atoms with van der Waals surface area (Å²) in [7, 11) is 1.97. The van der Waals surface area contributed by atoms with Crippen molar-refractivity contribution < 1.29 is 14.3 Å². The lowest BCUT2D eigenvalue weighted by Crippen LogP contribution is -2.43. The molecule has 3 rings (SSSR count). The van der Waals surface area contributed by atoms with Crippen molar-refractivity contribution in [3.8, 4) is 0 Å². The number of aryl methyl sites for hydroxylation is 1. The normalized spacial score (nSPS) is 10.8. The molecule has 180 valence electrons. The maximum atomic E-state index is 13.6. The van der Waals surface area contributed by atoms with Crippen LogP contribution in [-0.2, 0) is 29.7 Å². The van der Waals surface area contributed by atoms with E-state index in [0.29, 0.717) is 44.8 Å². The molecule has 3 aromatic rings. The number of aromatic nitrogens is 1. The van der Waals surface area contributed by atoms with Gasteiger partial charge < -0.3 is 19.1 Å². The molecule has 0 radical (unpaired) electrons. The molecule has 34 heavy (non-hydrogen) atoms. The molecule has 0 unspecified atom stereocenters. The van der Waals surface area contributed by atoms with Gasteiger partial charge in [0.25, 0.3) is 5.91 Å². The van der Waals surface area contributed by atoms with Gasteiger partial charge in [0.15, 0.2) is 0 Å². The van der Waals surface area contributed by atoms with Crippen molar-refractivity contribution in [2.75, 3.05) is 26.3 Å².